The third-order valence-electron chi connectivity index (χ3n) is 5.61. The van der Waals surface area contributed by atoms with Crippen molar-refractivity contribution in [1.29, 1.82) is 0 Å². The number of benzene rings is 4. The van der Waals surface area contributed by atoms with E-state index in [1.165, 1.54) is 0 Å². The van der Waals surface area contributed by atoms with E-state index in [0.29, 0.717) is 17.7 Å². The van der Waals surface area contributed by atoms with Crippen LogP contribution in [0.2, 0.25) is 0 Å². The largest absolute Gasteiger partial charge is 0.365 e. The molecule has 1 aliphatic heterocycles. The average molecular weight is 420 g/mol. The molecule has 5 nitrogen and oxygen atoms in total. The molecule has 4 aromatic rings. The number of anilines is 1. The summed E-state index contributed by atoms with van der Waals surface area (Å²) in [5.41, 5.74) is 3.97. The van der Waals surface area contributed by atoms with E-state index < -0.39 is 5.97 Å². The molecule has 156 valence electrons. The van der Waals surface area contributed by atoms with Crippen LogP contribution in [0, 0.1) is 6.92 Å². The molecule has 0 unspecified atom stereocenters. The Balaban J connectivity index is 1.46. The second-order valence-electron chi connectivity index (χ2n) is 7.73. The molecule has 0 aromatic heterocycles. The maximum absolute atomic E-state index is 13.3. The summed E-state index contributed by atoms with van der Waals surface area (Å²) in [5.74, 6) is -0.897. The van der Waals surface area contributed by atoms with Gasteiger partial charge >= 0.3 is 5.97 Å². The zero-order valence-corrected chi connectivity index (χ0v) is 17.5. The number of hydrogen-bond acceptors (Lipinski definition) is 4. The highest BCUT2D eigenvalue weighted by molar-refractivity contribution is 6.54. The molecule has 0 bridgehead atoms. The van der Waals surface area contributed by atoms with E-state index in [1.807, 2.05) is 67.6 Å². The van der Waals surface area contributed by atoms with Crippen LogP contribution < -0.4 is 4.90 Å². The zero-order chi connectivity index (χ0) is 22.1. The quantitative estimate of drug-likeness (QED) is 0.334. The van der Waals surface area contributed by atoms with Crippen LogP contribution in [-0.2, 0) is 16.2 Å². The topological polar surface area (TPSA) is 59.0 Å². The number of carbonyl (C=O) groups excluding carboxylic acids is 2. The standard InChI is InChI=1S/C27H20N2O3/c1-18-13-15-20(16-14-18)27(31)32-28-25-23-11-4-5-12-24(23)29(26(25)30)17-21-9-6-8-19-7-2-3-10-22(19)21/h2-16H,17H2,1H3/b28-25-. The molecule has 0 fully saturated rings. The Morgan fingerprint density at radius 2 is 1.59 bits per heavy atom. The summed E-state index contributed by atoms with van der Waals surface area (Å²) in [6.45, 7) is 2.33. The average Bonchev–Trinajstić information content (AvgIpc) is 3.09. The lowest BCUT2D eigenvalue weighted by Gasteiger charge is -2.18. The van der Waals surface area contributed by atoms with E-state index >= 15 is 0 Å². The van der Waals surface area contributed by atoms with Crippen LogP contribution in [0.4, 0.5) is 5.69 Å². The monoisotopic (exact) mass is 420 g/mol. The lowest BCUT2D eigenvalue weighted by atomic mass is 10.0. The van der Waals surface area contributed by atoms with Gasteiger partial charge in [0.15, 0.2) is 5.71 Å². The third kappa shape index (κ3) is 3.54. The van der Waals surface area contributed by atoms with E-state index in [4.69, 9.17) is 4.84 Å². The fourth-order valence-corrected chi connectivity index (χ4v) is 3.94. The van der Waals surface area contributed by atoms with E-state index in [1.54, 1.807) is 17.0 Å². The van der Waals surface area contributed by atoms with E-state index in [-0.39, 0.29) is 11.6 Å². The Labute approximate surface area is 185 Å². The highest BCUT2D eigenvalue weighted by Gasteiger charge is 2.35. The molecule has 0 N–H and O–H groups in total. The molecule has 4 aromatic carbocycles. The van der Waals surface area contributed by atoms with Crippen molar-refractivity contribution in [3.8, 4) is 0 Å². The number of para-hydroxylation sites is 1. The molecule has 0 saturated heterocycles. The van der Waals surface area contributed by atoms with Gasteiger partial charge in [-0.1, -0.05) is 83.5 Å². The predicted octanol–water partition coefficient (Wildman–Crippen LogP) is 5.26. The van der Waals surface area contributed by atoms with Crippen molar-refractivity contribution >= 4 is 34.0 Å². The first kappa shape index (κ1) is 19.7. The molecule has 5 heteroatoms. The van der Waals surface area contributed by atoms with Gasteiger partial charge < -0.3 is 9.74 Å². The first-order valence-electron chi connectivity index (χ1n) is 10.4. The van der Waals surface area contributed by atoms with Gasteiger partial charge in [0.05, 0.1) is 17.8 Å². The molecule has 0 saturated carbocycles. The lowest BCUT2D eigenvalue weighted by molar-refractivity contribution is -0.112. The fourth-order valence-electron chi connectivity index (χ4n) is 3.94. The van der Waals surface area contributed by atoms with Gasteiger partial charge in [-0.25, -0.2) is 4.79 Å². The first-order chi connectivity index (χ1) is 15.6. The highest BCUT2D eigenvalue weighted by Crippen LogP contribution is 2.32. The van der Waals surface area contributed by atoms with Crippen molar-refractivity contribution < 1.29 is 14.4 Å². The molecule has 1 aliphatic rings. The summed E-state index contributed by atoms with van der Waals surface area (Å²) >= 11 is 0. The van der Waals surface area contributed by atoms with Crippen molar-refractivity contribution in [3.05, 3.63) is 113 Å². The molecule has 0 radical (unpaired) electrons. The van der Waals surface area contributed by atoms with E-state index in [9.17, 15) is 9.59 Å². The SMILES string of the molecule is Cc1ccc(C(=O)O/N=C2\C(=O)N(Cc3cccc4ccccc34)c3ccccc32)cc1. The summed E-state index contributed by atoms with van der Waals surface area (Å²) in [7, 11) is 0. The summed E-state index contributed by atoms with van der Waals surface area (Å²) < 4.78 is 0. The van der Waals surface area contributed by atoms with Crippen molar-refractivity contribution in [2.45, 2.75) is 13.5 Å². The smallest absolute Gasteiger partial charge is 0.312 e. The predicted molar refractivity (Wildman–Crippen MR) is 125 cm³/mol. The summed E-state index contributed by atoms with van der Waals surface area (Å²) in [5, 5.41) is 6.18. The maximum atomic E-state index is 13.3. The van der Waals surface area contributed by atoms with Crippen LogP contribution in [0.3, 0.4) is 0 Å². The van der Waals surface area contributed by atoms with E-state index in [0.717, 1.165) is 27.6 Å². The molecular weight excluding hydrogens is 400 g/mol. The van der Waals surface area contributed by atoms with Gasteiger partial charge in [-0.2, -0.15) is 0 Å². The fraction of sp³-hybridized carbons (Fsp3) is 0.0741. The van der Waals surface area contributed by atoms with Crippen molar-refractivity contribution in [2.24, 2.45) is 5.16 Å². The van der Waals surface area contributed by atoms with Crippen LogP contribution in [0.5, 0.6) is 0 Å². The van der Waals surface area contributed by atoms with Crippen LogP contribution in [0.25, 0.3) is 10.8 Å². The summed E-state index contributed by atoms with van der Waals surface area (Å²) in [6, 6.07) is 28.6. The van der Waals surface area contributed by atoms with Gasteiger partial charge in [0.1, 0.15) is 0 Å². The molecule has 5 rings (SSSR count). The molecule has 0 spiro atoms. The minimum absolute atomic E-state index is 0.126. The molecular formula is C27H20N2O3. The number of hydrogen-bond donors (Lipinski definition) is 0. The minimum Gasteiger partial charge on any atom is -0.312 e. The van der Waals surface area contributed by atoms with Crippen LogP contribution in [0.1, 0.15) is 27.0 Å². The van der Waals surface area contributed by atoms with Gasteiger partial charge in [-0.15, -0.1) is 0 Å². The molecule has 0 aliphatic carbocycles. The number of fused-ring (bicyclic) bond motifs is 2. The van der Waals surface area contributed by atoms with Crippen LogP contribution in [0.15, 0.2) is 96.2 Å². The number of carbonyl (C=O) groups is 2. The van der Waals surface area contributed by atoms with Crippen molar-refractivity contribution in [3.63, 3.8) is 0 Å². The Bertz CT molecular complexity index is 1370. The number of rotatable bonds is 4. The Kier molecular flexibility index (Phi) is 5.00. The Hall–Kier alpha value is -4.25. The molecule has 1 heterocycles. The van der Waals surface area contributed by atoms with Gasteiger partial charge in [-0.3, -0.25) is 4.79 Å². The number of oxime groups is 1. The number of nitrogens with zero attached hydrogens (tertiary/aromatic N) is 2. The van der Waals surface area contributed by atoms with E-state index in [2.05, 4.69) is 23.4 Å². The first-order valence-corrected chi connectivity index (χ1v) is 10.4. The Morgan fingerprint density at radius 3 is 2.44 bits per heavy atom. The van der Waals surface area contributed by atoms with Gasteiger partial charge in [0, 0.05) is 5.56 Å². The van der Waals surface area contributed by atoms with Crippen molar-refractivity contribution in [1.82, 2.24) is 0 Å². The second kappa shape index (κ2) is 8.12. The zero-order valence-electron chi connectivity index (χ0n) is 17.5. The minimum atomic E-state index is -0.602. The summed E-state index contributed by atoms with van der Waals surface area (Å²) in [4.78, 5) is 32.5. The molecule has 0 atom stereocenters. The van der Waals surface area contributed by atoms with Crippen molar-refractivity contribution in [2.75, 3.05) is 4.90 Å². The van der Waals surface area contributed by atoms with Gasteiger partial charge in [-0.05, 0) is 41.5 Å². The normalized spacial score (nSPS) is 14.1. The summed E-state index contributed by atoms with van der Waals surface area (Å²) in [6.07, 6.45) is 0. The highest BCUT2D eigenvalue weighted by atomic mass is 16.7. The third-order valence-corrected chi connectivity index (χ3v) is 5.61. The lowest BCUT2D eigenvalue weighted by Crippen LogP contribution is -2.30. The van der Waals surface area contributed by atoms with Crippen LogP contribution >= 0.6 is 0 Å². The number of amides is 1. The Morgan fingerprint density at radius 1 is 0.875 bits per heavy atom. The molecule has 32 heavy (non-hydrogen) atoms. The maximum Gasteiger partial charge on any atom is 0.365 e. The second-order valence-corrected chi connectivity index (χ2v) is 7.73. The number of aryl methyl sites for hydroxylation is 1. The molecule has 1 amide bonds. The van der Waals surface area contributed by atoms with Crippen LogP contribution in [-0.4, -0.2) is 17.6 Å². The van der Waals surface area contributed by atoms with Gasteiger partial charge in [0.2, 0.25) is 0 Å². The van der Waals surface area contributed by atoms with Gasteiger partial charge in [0.25, 0.3) is 5.91 Å².